The van der Waals surface area contributed by atoms with E-state index in [1.54, 1.807) is 0 Å². The molecule has 1 N–H and O–H groups in total. The lowest BCUT2D eigenvalue weighted by Crippen LogP contribution is -2.24. The monoisotopic (exact) mass is 139 g/mol. The van der Waals surface area contributed by atoms with Gasteiger partial charge in [0.05, 0.1) is 0 Å². The van der Waals surface area contributed by atoms with E-state index < -0.39 is 0 Å². The summed E-state index contributed by atoms with van der Waals surface area (Å²) in [6.45, 7) is 3.63. The number of allylic oxidation sites excluding steroid dienone is 1. The van der Waals surface area contributed by atoms with Gasteiger partial charge in [0.25, 0.3) is 0 Å². The summed E-state index contributed by atoms with van der Waals surface area (Å²) in [5.41, 5.74) is 0. The first-order chi connectivity index (χ1) is 4.83. The van der Waals surface area contributed by atoms with Crippen molar-refractivity contribution >= 4 is 5.91 Å². The number of hydrogen-bond donors (Lipinski definition) is 1. The molecule has 1 fully saturated rings. The predicted molar refractivity (Wildman–Crippen MR) is 40.6 cm³/mol. The van der Waals surface area contributed by atoms with Crippen LogP contribution in [-0.2, 0) is 4.79 Å². The van der Waals surface area contributed by atoms with Gasteiger partial charge in [0.15, 0.2) is 0 Å². The zero-order chi connectivity index (χ0) is 7.40. The molecule has 1 rings (SSSR count). The van der Waals surface area contributed by atoms with Gasteiger partial charge < -0.3 is 5.32 Å². The highest BCUT2D eigenvalue weighted by molar-refractivity contribution is 5.78. The van der Waals surface area contributed by atoms with Crippen LogP contribution < -0.4 is 5.32 Å². The fraction of sp³-hybridized carbons (Fsp3) is 0.625. The van der Waals surface area contributed by atoms with Gasteiger partial charge in [-0.1, -0.05) is 6.08 Å². The second-order valence-electron chi connectivity index (χ2n) is 2.67. The van der Waals surface area contributed by atoms with Gasteiger partial charge in [0.2, 0.25) is 5.91 Å². The molecular formula is C8H13NO. The summed E-state index contributed by atoms with van der Waals surface area (Å²) in [6, 6.07) is 0.422. The maximum absolute atomic E-state index is 10.7. The van der Waals surface area contributed by atoms with E-state index >= 15 is 0 Å². The summed E-state index contributed by atoms with van der Waals surface area (Å²) in [5.74, 6) is 0.203. The second kappa shape index (κ2) is 3.40. The van der Waals surface area contributed by atoms with E-state index in [2.05, 4.69) is 11.9 Å². The van der Waals surface area contributed by atoms with Crippen LogP contribution in [-0.4, -0.2) is 11.9 Å². The number of carbonyl (C=O) groups is 1. The summed E-state index contributed by atoms with van der Waals surface area (Å²) in [6.07, 6.45) is 5.67. The third-order valence-corrected chi connectivity index (χ3v) is 1.80. The lowest BCUT2D eigenvalue weighted by atomic mass is 10.1. The van der Waals surface area contributed by atoms with Crippen molar-refractivity contribution in [1.82, 2.24) is 5.32 Å². The third-order valence-electron chi connectivity index (χ3n) is 1.80. The van der Waals surface area contributed by atoms with Crippen molar-refractivity contribution in [2.45, 2.75) is 31.7 Å². The Bertz CT molecular complexity index is 142. The Hall–Kier alpha value is -0.790. The van der Waals surface area contributed by atoms with E-state index in [0.717, 1.165) is 19.3 Å². The van der Waals surface area contributed by atoms with E-state index in [9.17, 15) is 4.79 Å². The summed E-state index contributed by atoms with van der Waals surface area (Å²) < 4.78 is 0. The van der Waals surface area contributed by atoms with Crippen LogP contribution in [0.1, 0.15) is 25.7 Å². The zero-order valence-corrected chi connectivity index (χ0v) is 6.10. The molecule has 56 valence electrons. The molecule has 1 atom stereocenters. The van der Waals surface area contributed by atoms with Crippen molar-refractivity contribution < 1.29 is 4.79 Å². The lowest BCUT2D eigenvalue weighted by molar-refractivity contribution is -0.119. The van der Waals surface area contributed by atoms with E-state index in [0.29, 0.717) is 12.5 Å². The van der Waals surface area contributed by atoms with Crippen molar-refractivity contribution in [3.05, 3.63) is 12.7 Å². The van der Waals surface area contributed by atoms with Gasteiger partial charge in [0.1, 0.15) is 0 Å². The maximum atomic E-state index is 10.7. The first-order valence-corrected chi connectivity index (χ1v) is 3.73. The average Bonchev–Trinajstić information content (AvgIpc) is 2.31. The van der Waals surface area contributed by atoms with Gasteiger partial charge in [-0.2, -0.15) is 0 Å². The second-order valence-corrected chi connectivity index (χ2v) is 2.67. The Balaban J connectivity index is 2.18. The van der Waals surface area contributed by atoms with Crippen LogP contribution in [0.4, 0.5) is 0 Å². The molecular weight excluding hydrogens is 126 g/mol. The molecule has 10 heavy (non-hydrogen) atoms. The zero-order valence-electron chi connectivity index (χ0n) is 6.10. The molecule has 1 unspecified atom stereocenters. The molecule has 2 nitrogen and oxygen atoms in total. The number of hydrogen-bond acceptors (Lipinski definition) is 1. The number of amides is 1. The standard InChI is InChI=1S/C8H13NO/c1-2-3-4-7-5-6-8(10)9-7/h2,7H,1,3-6H2,(H,9,10). The van der Waals surface area contributed by atoms with Crippen LogP contribution in [0.5, 0.6) is 0 Å². The molecule has 0 radical (unpaired) electrons. The molecule has 0 bridgehead atoms. The average molecular weight is 139 g/mol. The molecule has 2 heteroatoms. The van der Waals surface area contributed by atoms with Crippen molar-refractivity contribution in [1.29, 1.82) is 0 Å². The highest BCUT2D eigenvalue weighted by atomic mass is 16.1. The van der Waals surface area contributed by atoms with Crippen LogP contribution in [0.2, 0.25) is 0 Å². The lowest BCUT2D eigenvalue weighted by Gasteiger charge is -2.05. The molecule has 0 aromatic carbocycles. The first kappa shape index (κ1) is 7.32. The van der Waals surface area contributed by atoms with E-state index in [1.165, 1.54) is 0 Å². The Morgan fingerprint density at radius 1 is 1.80 bits per heavy atom. The van der Waals surface area contributed by atoms with E-state index in [1.807, 2.05) is 6.08 Å². The van der Waals surface area contributed by atoms with Crippen LogP contribution >= 0.6 is 0 Å². The van der Waals surface area contributed by atoms with Crippen LogP contribution in [0.25, 0.3) is 0 Å². The molecule has 1 saturated heterocycles. The fourth-order valence-corrected chi connectivity index (χ4v) is 1.21. The normalized spacial score (nSPS) is 24.4. The molecule has 0 saturated carbocycles. The number of carbonyl (C=O) groups excluding carboxylic acids is 1. The molecule has 1 heterocycles. The van der Waals surface area contributed by atoms with Crippen LogP contribution in [0, 0.1) is 0 Å². The van der Waals surface area contributed by atoms with Crippen molar-refractivity contribution in [2.24, 2.45) is 0 Å². The van der Waals surface area contributed by atoms with Crippen LogP contribution in [0.15, 0.2) is 12.7 Å². The van der Waals surface area contributed by atoms with Gasteiger partial charge in [-0.05, 0) is 19.3 Å². The maximum Gasteiger partial charge on any atom is 0.220 e. The van der Waals surface area contributed by atoms with Gasteiger partial charge in [-0.25, -0.2) is 0 Å². The summed E-state index contributed by atoms with van der Waals surface area (Å²) in [5, 5.41) is 2.90. The molecule has 0 aliphatic carbocycles. The van der Waals surface area contributed by atoms with Crippen molar-refractivity contribution in [3.8, 4) is 0 Å². The Labute approximate surface area is 61.3 Å². The number of nitrogens with one attached hydrogen (secondary N) is 1. The Morgan fingerprint density at radius 2 is 2.60 bits per heavy atom. The topological polar surface area (TPSA) is 29.1 Å². The SMILES string of the molecule is C=CCCC1CCC(=O)N1. The minimum absolute atomic E-state index is 0.203. The molecule has 0 spiro atoms. The van der Waals surface area contributed by atoms with Crippen molar-refractivity contribution in [2.75, 3.05) is 0 Å². The van der Waals surface area contributed by atoms with E-state index in [-0.39, 0.29) is 5.91 Å². The predicted octanol–water partition coefficient (Wildman–Crippen LogP) is 1.23. The van der Waals surface area contributed by atoms with Gasteiger partial charge in [-0.15, -0.1) is 6.58 Å². The van der Waals surface area contributed by atoms with Gasteiger partial charge in [0, 0.05) is 12.5 Å². The van der Waals surface area contributed by atoms with Crippen LogP contribution in [0.3, 0.4) is 0 Å². The minimum atomic E-state index is 0.203. The summed E-state index contributed by atoms with van der Waals surface area (Å²) in [7, 11) is 0. The summed E-state index contributed by atoms with van der Waals surface area (Å²) in [4.78, 5) is 10.7. The number of rotatable bonds is 3. The Morgan fingerprint density at radius 3 is 3.10 bits per heavy atom. The summed E-state index contributed by atoms with van der Waals surface area (Å²) >= 11 is 0. The largest absolute Gasteiger partial charge is 0.353 e. The smallest absolute Gasteiger partial charge is 0.220 e. The van der Waals surface area contributed by atoms with Crippen molar-refractivity contribution in [3.63, 3.8) is 0 Å². The third kappa shape index (κ3) is 1.87. The molecule has 1 aliphatic rings. The fourth-order valence-electron chi connectivity index (χ4n) is 1.21. The molecule has 0 aromatic heterocycles. The van der Waals surface area contributed by atoms with Gasteiger partial charge in [-0.3, -0.25) is 4.79 Å². The first-order valence-electron chi connectivity index (χ1n) is 3.73. The quantitative estimate of drug-likeness (QED) is 0.585. The highest BCUT2D eigenvalue weighted by Gasteiger charge is 2.18. The van der Waals surface area contributed by atoms with E-state index in [4.69, 9.17) is 0 Å². The molecule has 1 aliphatic heterocycles. The molecule has 0 aromatic rings. The Kier molecular flexibility index (Phi) is 2.49. The minimum Gasteiger partial charge on any atom is -0.353 e. The molecule has 1 amide bonds. The highest BCUT2D eigenvalue weighted by Crippen LogP contribution is 2.11. The van der Waals surface area contributed by atoms with Gasteiger partial charge >= 0.3 is 0 Å².